The first-order valence-electron chi connectivity index (χ1n) is 6.41. The fraction of sp³-hybridized carbons (Fsp3) is 0.417. The zero-order valence-electron chi connectivity index (χ0n) is 12.0. The Labute approximate surface area is 135 Å². The number of halogens is 1. The van der Waals surface area contributed by atoms with Crippen LogP contribution in [0.4, 0.5) is 10.1 Å². The van der Waals surface area contributed by atoms with E-state index < -0.39 is 37.7 Å². The number of carbonyl (C=O) groups is 1. The molecular formula is C12H13FN2O6S2. The second-order valence-electron chi connectivity index (χ2n) is 4.62. The summed E-state index contributed by atoms with van der Waals surface area (Å²) in [4.78, 5) is 20.9. The van der Waals surface area contributed by atoms with E-state index in [9.17, 15) is 27.7 Å². The van der Waals surface area contributed by atoms with E-state index >= 15 is 0 Å². The summed E-state index contributed by atoms with van der Waals surface area (Å²) in [5.41, 5.74) is -0.915. The Balaban J connectivity index is 2.33. The lowest BCUT2D eigenvalue weighted by molar-refractivity contribution is -0.387. The highest BCUT2D eigenvalue weighted by molar-refractivity contribution is 8.00. The van der Waals surface area contributed by atoms with Crippen LogP contribution in [0.3, 0.4) is 0 Å². The summed E-state index contributed by atoms with van der Waals surface area (Å²) >= 11 is 1.27. The summed E-state index contributed by atoms with van der Waals surface area (Å²) in [6.45, 7) is 0.0382. The minimum absolute atomic E-state index is 0.106. The number of nitro benzene ring substituents is 1. The van der Waals surface area contributed by atoms with Gasteiger partial charge in [0.15, 0.2) is 0 Å². The lowest BCUT2D eigenvalue weighted by atomic mass is 10.3. The maximum atomic E-state index is 13.3. The molecule has 0 amide bonds. The third-order valence-electron chi connectivity index (χ3n) is 3.25. The van der Waals surface area contributed by atoms with Crippen molar-refractivity contribution < 1.29 is 27.3 Å². The van der Waals surface area contributed by atoms with E-state index in [1.54, 1.807) is 0 Å². The van der Waals surface area contributed by atoms with Crippen molar-refractivity contribution in [2.75, 3.05) is 26.0 Å². The molecule has 1 aliphatic rings. The van der Waals surface area contributed by atoms with Crippen molar-refractivity contribution in [3.05, 3.63) is 34.1 Å². The summed E-state index contributed by atoms with van der Waals surface area (Å²) in [5.74, 6) is -1.28. The Morgan fingerprint density at radius 3 is 2.83 bits per heavy atom. The van der Waals surface area contributed by atoms with Gasteiger partial charge in [-0.3, -0.25) is 14.9 Å². The second kappa shape index (κ2) is 6.81. The summed E-state index contributed by atoms with van der Waals surface area (Å²) in [5, 5.41) is 10.1. The number of rotatable bonds is 4. The number of thioether (sulfide) groups is 1. The van der Waals surface area contributed by atoms with E-state index in [-0.39, 0.29) is 18.0 Å². The number of sulfonamides is 1. The van der Waals surface area contributed by atoms with Gasteiger partial charge in [-0.05, 0) is 12.1 Å². The van der Waals surface area contributed by atoms with E-state index in [1.165, 1.54) is 18.9 Å². The van der Waals surface area contributed by atoms with E-state index in [0.717, 1.165) is 16.4 Å². The first-order valence-corrected chi connectivity index (χ1v) is 8.89. The molecule has 0 radical (unpaired) electrons. The topological polar surface area (TPSA) is 107 Å². The van der Waals surface area contributed by atoms with Gasteiger partial charge in [0.1, 0.15) is 5.25 Å². The van der Waals surface area contributed by atoms with Crippen LogP contribution in [0.5, 0.6) is 0 Å². The van der Waals surface area contributed by atoms with Gasteiger partial charge >= 0.3 is 11.7 Å². The van der Waals surface area contributed by atoms with Gasteiger partial charge in [0, 0.05) is 24.9 Å². The normalized spacial score (nSPS) is 19.3. The number of ether oxygens (including phenoxy) is 1. The van der Waals surface area contributed by atoms with Crippen LogP contribution in [0.15, 0.2) is 23.1 Å². The molecule has 0 aromatic heterocycles. The van der Waals surface area contributed by atoms with E-state index in [1.807, 2.05) is 0 Å². The van der Waals surface area contributed by atoms with Crippen LogP contribution in [0, 0.1) is 15.9 Å². The Morgan fingerprint density at radius 1 is 1.52 bits per heavy atom. The highest BCUT2D eigenvalue weighted by Gasteiger charge is 2.35. The third-order valence-corrected chi connectivity index (χ3v) is 6.27. The van der Waals surface area contributed by atoms with Gasteiger partial charge in [0.2, 0.25) is 15.8 Å². The predicted octanol–water partition coefficient (Wildman–Crippen LogP) is 1.01. The Kier molecular flexibility index (Phi) is 5.22. The van der Waals surface area contributed by atoms with Crippen molar-refractivity contribution >= 4 is 33.4 Å². The zero-order valence-corrected chi connectivity index (χ0v) is 13.6. The molecule has 0 saturated carbocycles. The highest BCUT2D eigenvalue weighted by atomic mass is 32.2. The quantitative estimate of drug-likeness (QED) is 0.446. The standard InChI is InChI=1S/C12H13FN2O6S2/c1-21-12(16)11-7-14(4-5-22-11)23(19,20)8-2-3-9(13)10(6-8)15(17)18/h2-3,6,11H,4-5,7H2,1H3/t11-/m0/s1. The van der Waals surface area contributed by atoms with Crippen LogP contribution in [-0.4, -0.2) is 54.8 Å². The number of carbonyl (C=O) groups excluding carboxylic acids is 1. The number of esters is 1. The van der Waals surface area contributed by atoms with E-state index in [0.29, 0.717) is 11.8 Å². The predicted molar refractivity (Wildman–Crippen MR) is 80.1 cm³/mol. The molecule has 1 aliphatic heterocycles. The average molecular weight is 364 g/mol. The maximum absolute atomic E-state index is 13.3. The molecule has 1 fully saturated rings. The molecule has 1 heterocycles. The fourth-order valence-corrected chi connectivity index (χ4v) is 4.87. The summed E-state index contributed by atoms with van der Waals surface area (Å²) < 4.78 is 44.1. The third kappa shape index (κ3) is 3.62. The molecule has 11 heteroatoms. The Morgan fingerprint density at radius 2 is 2.22 bits per heavy atom. The fourth-order valence-electron chi connectivity index (χ4n) is 2.06. The number of nitrogens with zero attached hydrogens (tertiary/aromatic N) is 2. The molecule has 1 aromatic carbocycles. The van der Waals surface area contributed by atoms with Gasteiger partial charge in [-0.2, -0.15) is 8.70 Å². The van der Waals surface area contributed by atoms with Crippen LogP contribution >= 0.6 is 11.8 Å². The molecule has 0 bridgehead atoms. The van der Waals surface area contributed by atoms with E-state index in [2.05, 4.69) is 4.74 Å². The molecule has 126 valence electrons. The molecule has 0 aliphatic carbocycles. The number of benzene rings is 1. The number of methoxy groups -OCH3 is 1. The van der Waals surface area contributed by atoms with Gasteiger partial charge in [0.25, 0.3) is 0 Å². The molecule has 0 N–H and O–H groups in total. The van der Waals surface area contributed by atoms with E-state index in [4.69, 9.17) is 0 Å². The first-order chi connectivity index (χ1) is 10.8. The molecule has 0 unspecified atom stereocenters. The Bertz CT molecular complexity index is 739. The Hall–Kier alpha value is -1.72. The van der Waals surface area contributed by atoms with Crippen molar-refractivity contribution in [1.29, 1.82) is 0 Å². The molecule has 8 nitrogen and oxygen atoms in total. The minimum Gasteiger partial charge on any atom is -0.468 e. The van der Waals surface area contributed by atoms with Crippen LogP contribution in [0.2, 0.25) is 0 Å². The summed E-state index contributed by atoms with van der Waals surface area (Å²) in [6.07, 6.45) is 0. The molecule has 0 spiro atoms. The van der Waals surface area contributed by atoms with Crippen molar-refractivity contribution in [2.24, 2.45) is 0 Å². The van der Waals surface area contributed by atoms with Gasteiger partial charge in [-0.1, -0.05) is 0 Å². The maximum Gasteiger partial charge on any atom is 0.320 e. The molecule has 23 heavy (non-hydrogen) atoms. The zero-order chi connectivity index (χ0) is 17.2. The molecule has 1 atom stereocenters. The van der Waals surface area contributed by atoms with Crippen molar-refractivity contribution in [3.8, 4) is 0 Å². The number of nitro groups is 1. The summed E-state index contributed by atoms with van der Waals surface area (Å²) in [6, 6.07) is 2.38. The lowest BCUT2D eigenvalue weighted by Crippen LogP contribution is -2.44. The average Bonchev–Trinajstić information content (AvgIpc) is 2.54. The monoisotopic (exact) mass is 364 g/mol. The largest absolute Gasteiger partial charge is 0.468 e. The van der Waals surface area contributed by atoms with Crippen LogP contribution < -0.4 is 0 Å². The van der Waals surface area contributed by atoms with Crippen LogP contribution in [-0.2, 0) is 19.6 Å². The van der Waals surface area contributed by atoms with Crippen LogP contribution in [0.25, 0.3) is 0 Å². The molecular weight excluding hydrogens is 351 g/mol. The molecule has 2 rings (SSSR count). The second-order valence-corrected chi connectivity index (χ2v) is 7.86. The minimum atomic E-state index is -4.07. The van der Waals surface area contributed by atoms with Gasteiger partial charge in [-0.15, -0.1) is 11.8 Å². The SMILES string of the molecule is COC(=O)[C@@H]1CN(S(=O)(=O)c2ccc(F)c([N+](=O)[O-])c2)CCS1. The number of hydrogen-bond donors (Lipinski definition) is 0. The number of hydrogen-bond acceptors (Lipinski definition) is 7. The van der Waals surface area contributed by atoms with Crippen molar-refractivity contribution in [1.82, 2.24) is 4.31 Å². The summed E-state index contributed by atoms with van der Waals surface area (Å²) in [7, 11) is -2.86. The highest BCUT2D eigenvalue weighted by Crippen LogP contribution is 2.28. The van der Waals surface area contributed by atoms with Crippen molar-refractivity contribution in [3.63, 3.8) is 0 Å². The van der Waals surface area contributed by atoms with Gasteiger partial charge in [-0.25, -0.2) is 8.42 Å². The van der Waals surface area contributed by atoms with Crippen LogP contribution in [0.1, 0.15) is 0 Å². The first kappa shape index (κ1) is 17.6. The molecule has 1 saturated heterocycles. The molecule has 1 aromatic rings. The van der Waals surface area contributed by atoms with Gasteiger partial charge in [0.05, 0.1) is 16.9 Å². The van der Waals surface area contributed by atoms with Gasteiger partial charge < -0.3 is 4.74 Å². The smallest absolute Gasteiger partial charge is 0.320 e. The lowest BCUT2D eigenvalue weighted by Gasteiger charge is -2.30. The van der Waals surface area contributed by atoms with Crippen molar-refractivity contribution in [2.45, 2.75) is 10.1 Å².